The van der Waals surface area contributed by atoms with Crippen molar-refractivity contribution in [1.82, 2.24) is 25.1 Å². The SMILES string of the molecule is Cn1nnc(CC(O)COc2ccc(C(=O)N3CCC(c4ccc(F)cc4)C3)cc2)n1. The highest BCUT2D eigenvalue weighted by Gasteiger charge is 2.28. The van der Waals surface area contributed by atoms with Gasteiger partial charge in [0.1, 0.15) is 18.2 Å². The van der Waals surface area contributed by atoms with E-state index in [1.807, 2.05) is 4.90 Å². The highest BCUT2D eigenvalue weighted by atomic mass is 19.1. The van der Waals surface area contributed by atoms with Gasteiger partial charge in [0.25, 0.3) is 5.91 Å². The second-order valence-electron chi connectivity index (χ2n) is 7.68. The van der Waals surface area contributed by atoms with Gasteiger partial charge in [-0.3, -0.25) is 4.79 Å². The number of carbonyl (C=O) groups is 1. The summed E-state index contributed by atoms with van der Waals surface area (Å²) in [7, 11) is 1.66. The Morgan fingerprint density at radius 2 is 1.97 bits per heavy atom. The van der Waals surface area contributed by atoms with E-state index in [1.54, 1.807) is 43.4 Å². The summed E-state index contributed by atoms with van der Waals surface area (Å²) in [5.74, 6) is 0.940. The summed E-state index contributed by atoms with van der Waals surface area (Å²) in [4.78, 5) is 16.0. The maximum atomic E-state index is 13.1. The summed E-state index contributed by atoms with van der Waals surface area (Å²) in [5, 5.41) is 21.7. The first-order valence-electron chi connectivity index (χ1n) is 10.2. The molecular weight excluding hydrogens is 401 g/mol. The van der Waals surface area contributed by atoms with Crippen LogP contribution in [-0.4, -0.2) is 61.9 Å². The van der Waals surface area contributed by atoms with Gasteiger partial charge in [-0.2, -0.15) is 4.80 Å². The molecule has 31 heavy (non-hydrogen) atoms. The summed E-state index contributed by atoms with van der Waals surface area (Å²) in [6.45, 7) is 1.37. The molecule has 1 saturated heterocycles. The van der Waals surface area contributed by atoms with Crippen LogP contribution in [0.25, 0.3) is 0 Å². The van der Waals surface area contributed by atoms with E-state index in [0.29, 0.717) is 30.2 Å². The number of aromatic nitrogens is 4. The van der Waals surface area contributed by atoms with E-state index in [9.17, 15) is 14.3 Å². The number of hydrogen-bond acceptors (Lipinski definition) is 6. The van der Waals surface area contributed by atoms with Crippen molar-refractivity contribution in [1.29, 1.82) is 0 Å². The Bertz CT molecular complexity index is 1020. The molecule has 0 bridgehead atoms. The van der Waals surface area contributed by atoms with Crippen molar-refractivity contribution in [2.45, 2.75) is 24.9 Å². The molecule has 2 unspecified atom stereocenters. The molecule has 0 radical (unpaired) electrons. The number of carbonyl (C=O) groups excluding carboxylic acids is 1. The third kappa shape index (κ3) is 5.24. The first kappa shape index (κ1) is 20.9. The molecule has 4 rings (SSSR count). The monoisotopic (exact) mass is 425 g/mol. The van der Waals surface area contributed by atoms with Crippen molar-refractivity contribution in [2.75, 3.05) is 19.7 Å². The maximum absolute atomic E-state index is 13.1. The van der Waals surface area contributed by atoms with E-state index in [0.717, 1.165) is 12.0 Å². The fourth-order valence-corrected chi connectivity index (χ4v) is 3.70. The van der Waals surface area contributed by atoms with Crippen molar-refractivity contribution in [2.24, 2.45) is 7.05 Å². The molecule has 2 atom stereocenters. The van der Waals surface area contributed by atoms with Gasteiger partial charge in [-0.25, -0.2) is 4.39 Å². The lowest BCUT2D eigenvalue weighted by atomic mass is 9.99. The van der Waals surface area contributed by atoms with Gasteiger partial charge in [-0.15, -0.1) is 10.2 Å². The van der Waals surface area contributed by atoms with Gasteiger partial charge in [0.2, 0.25) is 0 Å². The molecule has 1 fully saturated rings. The van der Waals surface area contributed by atoms with Gasteiger partial charge < -0.3 is 14.7 Å². The van der Waals surface area contributed by atoms with E-state index >= 15 is 0 Å². The standard InChI is InChI=1S/C22H24FN5O3/c1-27-25-21(24-26-27)12-19(29)14-31-20-8-4-16(5-9-20)22(30)28-11-10-17(13-28)15-2-6-18(23)7-3-15/h2-9,17,19,29H,10-14H2,1H3. The molecule has 1 aliphatic heterocycles. The summed E-state index contributed by atoms with van der Waals surface area (Å²) < 4.78 is 18.7. The van der Waals surface area contributed by atoms with Crippen LogP contribution in [0, 0.1) is 5.82 Å². The smallest absolute Gasteiger partial charge is 0.253 e. The molecule has 1 N–H and O–H groups in total. The fourth-order valence-electron chi connectivity index (χ4n) is 3.70. The van der Waals surface area contributed by atoms with Crippen molar-refractivity contribution < 1.29 is 19.0 Å². The van der Waals surface area contributed by atoms with E-state index < -0.39 is 6.10 Å². The van der Waals surface area contributed by atoms with Gasteiger partial charge >= 0.3 is 0 Å². The van der Waals surface area contributed by atoms with Crippen LogP contribution in [0.4, 0.5) is 4.39 Å². The van der Waals surface area contributed by atoms with Crippen molar-refractivity contribution in [3.05, 3.63) is 71.3 Å². The lowest BCUT2D eigenvalue weighted by Gasteiger charge is -2.17. The number of halogens is 1. The van der Waals surface area contributed by atoms with Crippen LogP contribution < -0.4 is 4.74 Å². The molecule has 2 heterocycles. The second-order valence-corrected chi connectivity index (χ2v) is 7.68. The Morgan fingerprint density at radius 1 is 1.23 bits per heavy atom. The van der Waals surface area contributed by atoms with Gasteiger partial charge in [-0.1, -0.05) is 12.1 Å². The number of amides is 1. The molecule has 162 valence electrons. The quantitative estimate of drug-likeness (QED) is 0.622. The summed E-state index contributed by atoms with van der Waals surface area (Å²) in [6, 6.07) is 13.4. The molecule has 9 heteroatoms. The first-order valence-corrected chi connectivity index (χ1v) is 10.2. The molecule has 0 spiro atoms. The van der Waals surface area contributed by atoms with Crippen LogP contribution >= 0.6 is 0 Å². The predicted molar refractivity (Wildman–Crippen MR) is 110 cm³/mol. The number of likely N-dealkylation sites (tertiary alicyclic amines) is 1. The fraction of sp³-hybridized carbons (Fsp3) is 0.364. The Morgan fingerprint density at radius 3 is 2.65 bits per heavy atom. The van der Waals surface area contributed by atoms with E-state index in [-0.39, 0.29) is 30.7 Å². The minimum atomic E-state index is -0.765. The van der Waals surface area contributed by atoms with E-state index in [2.05, 4.69) is 15.4 Å². The average molecular weight is 425 g/mol. The minimum absolute atomic E-state index is 0.0371. The number of hydrogen-bond donors (Lipinski definition) is 1. The van der Waals surface area contributed by atoms with Gasteiger partial charge in [-0.05, 0) is 53.6 Å². The molecule has 1 amide bonds. The summed E-state index contributed by atoms with van der Waals surface area (Å²) in [6.07, 6.45) is 0.338. The molecule has 8 nitrogen and oxygen atoms in total. The zero-order chi connectivity index (χ0) is 21.8. The lowest BCUT2D eigenvalue weighted by Crippen LogP contribution is -2.28. The van der Waals surface area contributed by atoms with Gasteiger partial charge in [0.05, 0.1) is 13.2 Å². The molecular formula is C22H24FN5O3. The minimum Gasteiger partial charge on any atom is -0.491 e. The average Bonchev–Trinajstić information content (AvgIpc) is 3.42. The highest BCUT2D eigenvalue weighted by Crippen LogP contribution is 2.28. The largest absolute Gasteiger partial charge is 0.491 e. The Balaban J connectivity index is 1.28. The number of tetrazole rings is 1. The van der Waals surface area contributed by atoms with Crippen molar-refractivity contribution in [3.63, 3.8) is 0 Å². The van der Waals surface area contributed by atoms with Crippen molar-refractivity contribution in [3.8, 4) is 5.75 Å². The van der Waals surface area contributed by atoms with Crippen LogP contribution in [0.1, 0.15) is 34.1 Å². The Kier molecular flexibility index (Phi) is 6.22. The third-order valence-corrected chi connectivity index (χ3v) is 5.33. The predicted octanol–water partition coefficient (Wildman–Crippen LogP) is 1.96. The van der Waals surface area contributed by atoms with Gasteiger partial charge in [0, 0.05) is 31.0 Å². The van der Waals surface area contributed by atoms with Crippen LogP contribution in [0.2, 0.25) is 0 Å². The number of aryl methyl sites for hydroxylation is 1. The number of aliphatic hydroxyl groups is 1. The third-order valence-electron chi connectivity index (χ3n) is 5.33. The Labute approximate surface area is 179 Å². The normalized spacial score (nSPS) is 17.0. The molecule has 0 aliphatic carbocycles. The number of nitrogens with zero attached hydrogens (tertiary/aromatic N) is 5. The number of benzene rings is 2. The molecule has 2 aromatic carbocycles. The lowest BCUT2D eigenvalue weighted by molar-refractivity contribution is 0.0790. The summed E-state index contributed by atoms with van der Waals surface area (Å²) in [5.41, 5.74) is 1.63. The van der Waals surface area contributed by atoms with E-state index in [4.69, 9.17) is 4.74 Å². The van der Waals surface area contributed by atoms with Crippen molar-refractivity contribution >= 4 is 5.91 Å². The van der Waals surface area contributed by atoms with Gasteiger partial charge in [0.15, 0.2) is 5.82 Å². The topological polar surface area (TPSA) is 93.4 Å². The van der Waals surface area contributed by atoms with E-state index in [1.165, 1.54) is 16.9 Å². The highest BCUT2D eigenvalue weighted by molar-refractivity contribution is 5.94. The molecule has 1 aromatic heterocycles. The molecule has 3 aromatic rings. The Hall–Kier alpha value is -3.33. The zero-order valence-corrected chi connectivity index (χ0v) is 17.2. The molecule has 1 aliphatic rings. The second kappa shape index (κ2) is 9.22. The molecule has 0 saturated carbocycles. The maximum Gasteiger partial charge on any atom is 0.253 e. The summed E-state index contributed by atoms with van der Waals surface area (Å²) >= 11 is 0. The van der Waals surface area contributed by atoms with Crippen LogP contribution in [0.3, 0.4) is 0 Å². The number of ether oxygens (including phenoxy) is 1. The number of rotatable bonds is 7. The van der Waals surface area contributed by atoms with Crippen LogP contribution in [0.5, 0.6) is 5.75 Å². The number of aliphatic hydroxyl groups excluding tert-OH is 1. The first-order chi connectivity index (χ1) is 15.0. The van der Waals surface area contributed by atoms with Crippen LogP contribution in [0.15, 0.2) is 48.5 Å². The van der Waals surface area contributed by atoms with Crippen LogP contribution in [-0.2, 0) is 13.5 Å². The zero-order valence-electron chi connectivity index (χ0n) is 17.2.